The molecule has 4 heteroatoms. The van der Waals surface area contributed by atoms with Gasteiger partial charge >= 0.3 is 11.9 Å². The molecule has 0 heterocycles. The minimum absolute atomic E-state index is 0.203. The molecule has 0 aliphatic rings. The van der Waals surface area contributed by atoms with Gasteiger partial charge in [0.15, 0.2) is 6.10 Å². The Balaban J connectivity index is 2.79. The molecule has 0 radical (unpaired) electrons. The van der Waals surface area contributed by atoms with Gasteiger partial charge in [0.05, 0.1) is 17.7 Å². The van der Waals surface area contributed by atoms with E-state index in [2.05, 4.69) is 25.3 Å². The Morgan fingerprint density at radius 1 is 1.03 bits per heavy atom. The van der Waals surface area contributed by atoms with Gasteiger partial charge in [-0.15, -0.1) is 0 Å². The molecule has 0 amide bonds. The first-order valence-electron chi connectivity index (χ1n) is 10.5. The summed E-state index contributed by atoms with van der Waals surface area (Å²) >= 11 is 0. The summed E-state index contributed by atoms with van der Waals surface area (Å²) in [6.45, 7) is 12.1. The maximum absolute atomic E-state index is 12.7. The number of esters is 2. The van der Waals surface area contributed by atoms with Crippen molar-refractivity contribution in [2.75, 3.05) is 6.61 Å². The van der Waals surface area contributed by atoms with E-state index in [4.69, 9.17) is 9.47 Å². The molecule has 0 saturated heterocycles. The fraction of sp³-hybridized carbons (Fsp3) is 0.520. The molecule has 1 unspecified atom stereocenters. The van der Waals surface area contributed by atoms with E-state index in [0.29, 0.717) is 24.5 Å². The summed E-state index contributed by atoms with van der Waals surface area (Å²) in [7, 11) is 0. The van der Waals surface area contributed by atoms with Crippen LogP contribution in [0.3, 0.4) is 0 Å². The van der Waals surface area contributed by atoms with Crippen molar-refractivity contribution in [2.45, 2.75) is 72.3 Å². The van der Waals surface area contributed by atoms with Crippen LogP contribution in [0, 0.1) is 17.8 Å². The number of benzene rings is 1. The number of allylic oxidation sites excluding steroid dienone is 1. The van der Waals surface area contributed by atoms with Crippen LogP contribution in [0.15, 0.2) is 36.4 Å². The van der Waals surface area contributed by atoms with Gasteiger partial charge in [-0.25, -0.2) is 9.59 Å². The number of carbonyl (C=O) groups excluding carboxylic acids is 2. The quantitative estimate of drug-likeness (QED) is 0.262. The summed E-state index contributed by atoms with van der Waals surface area (Å²) in [6.07, 6.45) is 5.41. The molecule has 1 atom stereocenters. The normalized spacial score (nSPS) is 11.3. The van der Waals surface area contributed by atoms with Crippen molar-refractivity contribution in [2.24, 2.45) is 5.92 Å². The fourth-order valence-electron chi connectivity index (χ4n) is 2.75. The van der Waals surface area contributed by atoms with Crippen molar-refractivity contribution in [1.29, 1.82) is 0 Å². The molecule has 29 heavy (non-hydrogen) atoms. The lowest BCUT2D eigenvalue weighted by molar-refractivity contribution is 0.0360. The van der Waals surface area contributed by atoms with Gasteiger partial charge in [0.2, 0.25) is 0 Å². The molecular weight excluding hydrogens is 364 g/mol. The summed E-state index contributed by atoms with van der Waals surface area (Å²) in [6, 6.07) is 6.59. The van der Waals surface area contributed by atoms with Gasteiger partial charge in [-0.1, -0.05) is 77.0 Å². The molecule has 1 aromatic carbocycles. The highest BCUT2D eigenvalue weighted by Crippen LogP contribution is 2.16. The zero-order valence-electron chi connectivity index (χ0n) is 18.3. The average Bonchev–Trinajstić information content (AvgIpc) is 2.68. The standard InChI is InChI=1S/C25H34O4/c1-6-7-8-9-12-17-28-24(26)22-13-10-11-14-23(22)25(27)29-21(18-20(4)5)16-15-19(2)3/h10-11,13-14,20-21H,2,6-9,12,17-18H2,1,3-5H3. The summed E-state index contributed by atoms with van der Waals surface area (Å²) in [5.41, 5.74) is 1.13. The van der Waals surface area contributed by atoms with E-state index in [9.17, 15) is 9.59 Å². The Bertz CT molecular complexity index is 737. The van der Waals surface area contributed by atoms with E-state index in [1.54, 1.807) is 31.2 Å². The van der Waals surface area contributed by atoms with E-state index < -0.39 is 18.0 Å². The highest BCUT2D eigenvalue weighted by Gasteiger charge is 2.22. The molecule has 1 rings (SSSR count). The molecule has 1 aromatic rings. The maximum atomic E-state index is 12.7. The third kappa shape index (κ3) is 9.99. The topological polar surface area (TPSA) is 52.6 Å². The summed E-state index contributed by atoms with van der Waals surface area (Å²) in [5.74, 6) is 5.07. The van der Waals surface area contributed by atoms with Crippen LogP contribution in [0.5, 0.6) is 0 Å². The monoisotopic (exact) mass is 398 g/mol. The number of ether oxygens (including phenoxy) is 2. The van der Waals surface area contributed by atoms with Gasteiger partial charge < -0.3 is 9.47 Å². The van der Waals surface area contributed by atoms with E-state index in [0.717, 1.165) is 19.3 Å². The second kappa shape index (κ2) is 13.6. The van der Waals surface area contributed by atoms with Crippen molar-refractivity contribution in [1.82, 2.24) is 0 Å². The van der Waals surface area contributed by atoms with E-state index in [1.165, 1.54) is 12.8 Å². The predicted octanol–water partition coefficient (Wildman–Crippen LogP) is 5.96. The number of hydrogen-bond acceptors (Lipinski definition) is 4. The van der Waals surface area contributed by atoms with Gasteiger partial charge in [-0.2, -0.15) is 0 Å². The fourth-order valence-corrected chi connectivity index (χ4v) is 2.75. The Kier molecular flexibility index (Phi) is 11.5. The molecule has 0 aliphatic carbocycles. The van der Waals surface area contributed by atoms with E-state index in [1.807, 2.05) is 13.8 Å². The van der Waals surface area contributed by atoms with Crippen LogP contribution in [0.4, 0.5) is 0 Å². The van der Waals surface area contributed by atoms with Crippen LogP contribution in [0.25, 0.3) is 0 Å². The molecule has 0 spiro atoms. The number of hydrogen-bond donors (Lipinski definition) is 0. The number of unbranched alkanes of at least 4 members (excludes halogenated alkanes) is 4. The third-order valence-corrected chi connectivity index (χ3v) is 4.23. The average molecular weight is 399 g/mol. The highest BCUT2D eigenvalue weighted by atomic mass is 16.5. The second-order valence-electron chi connectivity index (χ2n) is 7.67. The molecular formula is C25H34O4. The summed E-state index contributed by atoms with van der Waals surface area (Å²) in [4.78, 5) is 25.2. The van der Waals surface area contributed by atoms with Crippen LogP contribution in [-0.4, -0.2) is 24.6 Å². The van der Waals surface area contributed by atoms with Gasteiger partial charge in [-0.05, 0) is 43.4 Å². The molecule has 0 aliphatic heterocycles. The Labute approximate surface area is 175 Å². The lowest BCUT2D eigenvalue weighted by Gasteiger charge is -2.16. The smallest absolute Gasteiger partial charge is 0.340 e. The molecule has 0 fully saturated rings. The zero-order chi connectivity index (χ0) is 21.6. The van der Waals surface area contributed by atoms with Crippen molar-refractivity contribution in [3.8, 4) is 11.8 Å². The minimum Gasteiger partial charge on any atom is -0.462 e. The molecule has 0 bridgehead atoms. The summed E-state index contributed by atoms with van der Waals surface area (Å²) in [5, 5.41) is 0. The SMILES string of the molecule is C=C(C)C#CC(CC(C)C)OC(=O)c1ccccc1C(=O)OCCCCCCC. The van der Waals surface area contributed by atoms with Crippen LogP contribution in [-0.2, 0) is 9.47 Å². The van der Waals surface area contributed by atoms with Crippen molar-refractivity contribution in [3.05, 3.63) is 47.5 Å². The van der Waals surface area contributed by atoms with Crippen molar-refractivity contribution in [3.63, 3.8) is 0 Å². The van der Waals surface area contributed by atoms with E-state index in [-0.39, 0.29) is 11.1 Å². The van der Waals surface area contributed by atoms with E-state index >= 15 is 0 Å². The van der Waals surface area contributed by atoms with Crippen LogP contribution >= 0.6 is 0 Å². The zero-order valence-corrected chi connectivity index (χ0v) is 18.3. The van der Waals surface area contributed by atoms with Crippen LogP contribution < -0.4 is 0 Å². The molecule has 158 valence electrons. The molecule has 0 aromatic heterocycles. The minimum atomic E-state index is -0.567. The van der Waals surface area contributed by atoms with Crippen LogP contribution in [0.2, 0.25) is 0 Å². The second-order valence-corrected chi connectivity index (χ2v) is 7.67. The lowest BCUT2D eigenvalue weighted by Crippen LogP contribution is -2.21. The molecule has 4 nitrogen and oxygen atoms in total. The third-order valence-electron chi connectivity index (χ3n) is 4.23. The van der Waals surface area contributed by atoms with Gasteiger partial charge in [-0.3, -0.25) is 0 Å². The Hall–Kier alpha value is -2.54. The Morgan fingerprint density at radius 2 is 1.66 bits per heavy atom. The van der Waals surface area contributed by atoms with Crippen molar-refractivity contribution < 1.29 is 19.1 Å². The first-order chi connectivity index (χ1) is 13.8. The van der Waals surface area contributed by atoms with Crippen LogP contribution in [0.1, 0.15) is 86.9 Å². The molecule has 0 saturated carbocycles. The maximum Gasteiger partial charge on any atom is 0.340 e. The molecule has 0 N–H and O–H groups in total. The summed E-state index contributed by atoms with van der Waals surface area (Å²) < 4.78 is 11.0. The lowest BCUT2D eigenvalue weighted by atomic mass is 10.0. The van der Waals surface area contributed by atoms with Gasteiger partial charge in [0, 0.05) is 0 Å². The first-order valence-corrected chi connectivity index (χ1v) is 10.5. The highest BCUT2D eigenvalue weighted by molar-refractivity contribution is 6.03. The van der Waals surface area contributed by atoms with Gasteiger partial charge in [0.1, 0.15) is 0 Å². The number of carbonyl (C=O) groups is 2. The van der Waals surface area contributed by atoms with Gasteiger partial charge in [0.25, 0.3) is 0 Å². The largest absolute Gasteiger partial charge is 0.462 e. The van der Waals surface area contributed by atoms with Crippen molar-refractivity contribution >= 4 is 11.9 Å². The number of rotatable bonds is 11. The predicted molar refractivity (Wildman–Crippen MR) is 117 cm³/mol. The Morgan fingerprint density at radius 3 is 2.24 bits per heavy atom. The first kappa shape index (κ1) is 24.5.